The van der Waals surface area contributed by atoms with Crippen LogP contribution in [0.25, 0.3) is 0 Å². The van der Waals surface area contributed by atoms with E-state index in [2.05, 4.69) is 16.3 Å². The van der Waals surface area contributed by atoms with Crippen molar-refractivity contribution in [3.05, 3.63) is 71.0 Å². The number of nitrogens with two attached hydrogens (primary N) is 1. The van der Waals surface area contributed by atoms with Crippen LogP contribution >= 0.6 is 11.8 Å². The maximum Gasteiger partial charge on any atom is 0.210 e. The molecule has 2 aromatic carbocycles. The molecule has 6 nitrogen and oxygen atoms in total. The van der Waals surface area contributed by atoms with Gasteiger partial charge in [-0.1, -0.05) is 42.1 Å². The van der Waals surface area contributed by atoms with Crippen molar-refractivity contribution in [2.24, 2.45) is 0 Å². The summed E-state index contributed by atoms with van der Waals surface area (Å²) in [6.45, 7) is 0.215. The normalized spacial score (nSPS) is 13.1. The van der Waals surface area contributed by atoms with Crippen molar-refractivity contribution >= 4 is 17.5 Å². The molecule has 0 radical (unpaired) electrons. The summed E-state index contributed by atoms with van der Waals surface area (Å²) in [5.74, 6) is 7.65. The van der Waals surface area contributed by atoms with Gasteiger partial charge in [-0.2, -0.15) is 0 Å². The zero-order chi connectivity index (χ0) is 19.3. The van der Waals surface area contributed by atoms with Crippen LogP contribution < -0.4 is 10.6 Å². The monoisotopic (exact) mass is 394 g/mol. The second-order valence-electron chi connectivity index (χ2n) is 6.77. The number of ether oxygens (including phenoxy) is 1. The highest BCUT2D eigenvalue weighted by Gasteiger charge is 2.16. The van der Waals surface area contributed by atoms with E-state index in [9.17, 15) is 4.79 Å². The van der Waals surface area contributed by atoms with Gasteiger partial charge in [-0.15, -0.1) is 10.2 Å². The van der Waals surface area contributed by atoms with Gasteiger partial charge in [0.25, 0.3) is 0 Å². The van der Waals surface area contributed by atoms with E-state index in [1.54, 1.807) is 0 Å². The largest absolute Gasteiger partial charge is 0.486 e. The third kappa shape index (κ3) is 4.20. The number of fused-ring (bicyclic) bond motifs is 1. The van der Waals surface area contributed by atoms with Crippen LogP contribution in [0.15, 0.2) is 53.7 Å². The summed E-state index contributed by atoms with van der Waals surface area (Å²) in [5.41, 5.74) is 3.44. The molecule has 7 heteroatoms. The van der Waals surface area contributed by atoms with Crippen molar-refractivity contribution in [2.75, 3.05) is 11.6 Å². The first-order valence-corrected chi connectivity index (χ1v) is 10.3. The number of para-hydroxylation sites is 1. The second-order valence-corrected chi connectivity index (χ2v) is 7.72. The topological polar surface area (TPSA) is 83.0 Å². The Kier molecular flexibility index (Phi) is 5.62. The molecular weight excluding hydrogens is 372 g/mol. The van der Waals surface area contributed by atoms with Gasteiger partial charge in [0.15, 0.2) is 11.6 Å². The first-order valence-electron chi connectivity index (χ1n) is 9.36. The minimum atomic E-state index is 0.0726. The smallest absolute Gasteiger partial charge is 0.210 e. The number of hydrogen-bond acceptors (Lipinski definition) is 6. The number of carbonyl (C=O) groups excluding carboxylic acids is 1. The van der Waals surface area contributed by atoms with E-state index >= 15 is 0 Å². The van der Waals surface area contributed by atoms with E-state index in [-0.39, 0.29) is 18.1 Å². The lowest BCUT2D eigenvalue weighted by Crippen LogP contribution is -2.16. The minimum Gasteiger partial charge on any atom is -0.486 e. The van der Waals surface area contributed by atoms with E-state index in [0.29, 0.717) is 11.0 Å². The fraction of sp³-hybridized carbons (Fsp3) is 0.286. The quantitative estimate of drug-likeness (QED) is 0.376. The fourth-order valence-electron chi connectivity index (χ4n) is 3.29. The molecule has 0 aliphatic heterocycles. The van der Waals surface area contributed by atoms with Gasteiger partial charge >= 0.3 is 0 Å². The maximum absolute atomic E-state index is 12.6. The Balaban J connectivity index is 1.36. The average molecular weight is 395 g/mol. The standard InChI is InChI=1S/C21H22N4O2S/c22-25-20(13-27-18-8-2-1-3-9-18)23-24-21(25)28-14-19(26)17-11-10-15-6-4-5-7-16(15)12-17/h1-3,8-12H,4-7,13-14,22H2. The Morgan fingerprint density at radius 1 is 1.07 bits per heavy atom. The molecule has 2 N–H and O–H groups in total. The van der Waals surface area contributed by atoms with Gasteiger partial charge in [-0.05, 0) is 55.0 Å². The number of carbonyl (C=O) groups is 1. The number of thioether (sulfide) groups is 1. The molecule has 144 valence electrons. The van der Waals surface area contributed by atoms with Crippen molar-refractivity contribution in [1.29, 1.82) is 0 Å². The fourth-order valence-corrected chi connectivity index (χ4v) is 4.06. The number of nitrogens with zero attached hydrogens (tertiary/aromatic N) is 3. The Labute approximate surface area is 168 Å². The molecule has 1 aliphatic carbocycles. The molecule has 0 fully saturated rings. The van der Waals surface area contributed by atoms with Gasteiger partial charge < -0.3 is 10.6 Å². The number of aryl methyl sites for hydroxylation is 2. The SMILES string of the molecule is Nn1c(COc2ccccc2)nnc1SCC(=O)c1ccc2c(c1)CCCC2. The Morgan fingerprint density at radius 2 is 1.86 bits per heavy atom. The number of aromatic nitrogens is 3. The molecule has 4 rings (SSSR count). The number of hydrogen-bond donors (Lipinski definition) is 1. The van der Waals surface area contributed by atoms with Crippen molar-refractivity contribution in [2.45, 2.75) is 37.4 Å². The molecule has 0 bridgehead atoms. The summed E-state index contributed by atoms with van der Waals surface area (Å²) in [6.07, 6.45) is 4.61. The third-order valence-electron chi connectivity index (χ3n) is 4.85. The van der Waals surface area contributed by atoms with Crippen LogP contribution in [0, 0.1) is 0 Å². The highest BCUT2D eigenvalue weighted by molar-refractivity contribution is 7.99. The van der Waals surface area contributed by atoms with Crippen LogP contribution in [0.5, 0.6) is 5.75 Å². The molecule has 0 unspecified atom stereocenters. The molecule has 1 heterocycles. The number of Topliss-reactive ketones (excluding diaryl/α,β-unsaturated/α-hetero) is 1. The highest BCUT2D eigenvalue weighted by Crippen LogP contribution is 2.24. The molecule has 3 aromatic rings. The summed E-state index contributed by atoms with van der Waals surface area (Å²) in [6, 6.07) is 15.5. The summed E-state index contributed by atoms with van der Waals surface area (Å²) >= 11 is 1.29. The van der Waals surface area contributed by atoms with Crippen molar-refractivity contribution in [3.8, 4) is 5.75 Å². The summed E-state index contributed by atoms with van der Waals surface area (Å²) in [4.78, 5) is 12.6. The van der Waals surface area contributed by atoms with Gasteiger partial charge in [0.05, 0.1) is 5.75 Å². The summed E-state index contributed by atoms with van der Waals surface area (Å²) in [7, 11) is 0. The predicted molar refractivity (Wildman–Crippen MR) is 109 cm³/mol. The second kappa shape index (κ2) is 8.48. The molecule has 0 saturated carbocycles. The van der Waals surface area contributed by atoms with E-state index in [1.165, 1.54) is 40.4 Å². The molecule has 28 heavy (non-hydrogen) atoms. The highest BCUT2D eigenvalue weighted by atomic mass is 32.2. The van der Waals surface area contributed by atoms with Crippen LogP contribution in [-0.4, -0.2) is 26.4 Å². The van der Waals surface area contributed by atoms with E-state index in [1.807, 2.05) is 42.5 Å². The Morgan fingerprint density at radius 3 is 2.68 bits per heavy atom. The molecule has 1 aromatic heterocycles. The summed E-state index contributed by atoms with van der Waals surface area (Å²) < 4.78 is 7.04. The lowest BCUT2D eigenvalue weighted by atomic mass is 9.90. The van der Waals surface area contributed by atoms with Crippen LogP contribution in [0.4, 0.5) is 0 Å². The van der Waals surface area contributed by atoms with E-state index in [0.717, 1.165) is 24.2 Å². The van der Waals surface area contributed by atoms with E-state index in [4.69, 9.17) is 10.6 Å². The zero-order valence-corrected chi connectivity index (χ0v) is 16.3. The minimum absolute atomic E-state index is 0.0726. The maximum atomic E-state index is 12.6. The number of ketones is 1. The van der Waals surface area contributed by atoms with Gasteiger partial charge in [-0.25, -0.2) is 4.68 Å². The van der Waals surface area contributed by atoms with Crippen LogP contribution in [0.3, 0.4) is 0 Å². The average Bonchev–Trinajstić information content (AvgIpc) is 3.10. The van der Waals surface area contributed by atoms with Crippen molar-refractivity contribution < 1.29 is 9.53 Å². The molecule has 0 saturated heterocycles. The zero-order valence-electron chi connectivity index (χ0n) is 15.5. The lowest BCUT2D eigenvalue weighted by molar-refractivity contribution is 0.102. The van der Waals surface area contributed by atoms with Gasteiger partial charge in [-0.3, -0.25) is 4.79 Å². The molecule has 1 aliphatic rings. The van der Waals surface area contributed by atoms with Crippen LogP contribution in [-0.2, 0) is 19.4 Å². The predicted octanol–water partition coefficient (Wildman–Crippen LogP) is 3.42. The lowest BCUT2D eigenvalue weighted by Gasteiger charge is -2.16. The Bertz CT molecular complexity index is 972. The summed E-state index contributed by atoms with van der Waals surface area (Å²) in [5, 5.41) is 8.65. The van der Waals surface area contributed by atoms with Crippen LogP contribution in [0.1, 0.15) is 40.2 Å². The van der Waals surface area contributed by atoms with Crippen molar-refractivity contribution in [3.63, 3.8) is 0 Å². The van der Waals surface area contributed by atoms with Crippen molar-refractivity contribution in [1.82, 2.24) is 14.9 Å². The molecule has 0 spiro atoms. The molecular formula is C21H22N4O2S. The van der Waals surface area contributed by atoms with Crippen LogP contribution in [0.2, 0.25) is 0 Å². The van der Waals surface area contributed by atoms with Gasteiger partial charge in [0.1, 0.15) is 12.4 Å². The number of benzene rings is 2. The Hall–Kier alpha value is -2.80. The van der Waals surface area contributed by atoms with Gasteiger partial charge in [0.2, 0.25) is 5.16 Å². The third-order valence-corrected chi connectivity index (χ3v) is 5.79. The molecule has 0 atom stereocenters. The van der Waals surface area contributed by atoms with E-state index < -0.39 is 0 Å². The first kappa shape index (κ1) is 18.6. The molecule has 0 amide bonds. The number of rotatable bonds is 7. The van der Waals surface area contributed by atoms with Gasteiger partial charge in [0, 0.05) is 5.56 Å². The first-order chi connectivity index (χ1) is 13.7. The number of nitrogen functional groups attached to an aromatic ring is 1.